The Balaban J connectivity index is 1.59. The van der Waals surface area contributed by atoms with E-state index in [4.69, 9.17) is 0 Å². The summed E-state index contributed by atoms with van der Waals surface area (Å²) in [6, 6.07) is 14.9. The van der Waals surface area contributed by atoms with Gasteiger partial charge in [-0.15, -0.1) is 5.10 Å². The summed E-state index contributed by atoms with van der Waals surface area (Å²) in [5.74, 6) is 0.754. The minimum Gasteiger partial charge on any atom is -0.354 e. The predicted molar refractivity (Wildman–Crippen MR) is 133 cm³/mol. The molecule has 6 rings (SSSR count). The molecule has 2 aromatic carbocycles. The van der Waals surface area contributed by atoms with Gasteiger partial charge in [-0.1, -0.05) is 43.2 Å². The van der Waals surface area contributed by atoms with E-state index < -0.39 is 0 Å². The number of pyridine rings is 1. The molecule has 174 valence electrons. The molecule has 3 heterocycles. The molecule has 0 amide bonds. The molecule has 0 radical (unpaired) electrons. The Morgan fingerprint density at radius 1 is 1.09 bits per heavy atom. The summed E-state index contributed by atoms with van der Waals surface area (Å²) in [5.41, 5.74) is 6.23. The molecule has 2 aromatic heterocycles. The van der Waals surface area contributed by atoms with Crippen LogP contribution >= 0.6 is 0 Å². The lowest BCUT2D eigenvalue weighted by atomic mass is 9.99. The summed E-state index contributed by atoms with van der Waals surface area (Å²) in [6.07, 6.45) is 5.45. The third-order valence-electron chi connectivity index (χ3n) is 7.85. The van der Waals surface area contributed by atoms with Crippen molar-refractivity contribution in [3.05, 3.63) is 80.9 Å². The van der Waals surface area contributed by atoms with Crippen molar-refractivity contribution in [1.82, 2.24) is 25.2 Å². The summed E-state index contributed by atoms with van der Waals surface area (Å²) >= 11 is 0. The van der Waals surface area contributed by atoms with Crippen molar-refractivity contribution in [1.29, 1.82) is 0 Å². The van der Waals surface area contributed by atoms with Crippen LogP contribution in [0.4, 0.5) is 5.69 Å². The van der Waals surface area contributed by atoms with Gasteiger partial charge in [0, 0.05) is 17.3 Å². The van der Waals surface area contributed by atoms with Crippen LogP contribution in [0.5, 0.6) is 0 Å². The molecule has 0 bridgehead atoms. The molecule has 1 aliphatic heterocycles. The zero-order valence-corrected chi connectivity index (χ0v) is 20.0. The van der Waals surface area contributed by atoms with Crippen LogP contribution in [0.1, 0.15) is 72.8 Å². The summed E-state index contributed by atoms with van der Waals surface area (Å²) in [4.78, 5) is 19.2. The number of tetrazole rings is 1. The molecule has 2 atom stereocenters. The fourth-order valence-electron chi connectivity index (χ4n) is 5.93. The van der Waals surface area contributed by atoms with Crippen molar-refractivity contribution in [2.75, 3.05) is 4.90 Å². The zero-order valence-electron chi connectivity index (χ0n) is 20.0. The first-order chi connectivity index (χ1) is 16.5. The Kier molecular flexibility index (Phi) is 5.01. The van der Waals surface area contributed by atoms with Gasteiger partial charge in [-0.25, -0.2) is 4.68 Å². The maximum atomic E-state index is 13.7. The van der Waals surface area contributed by atoms with E-state index >= 15 is 0 Å². The molecule has 34 heavy (non-hydrogen) atoms. The summed E-state index contributed by atoms with van der Waals surface area (Å²) < 4.78 is 2.00. The van der Waals surface area contributed by atoms with Gasteiger partial charge in [-0.05, 0) is 84.7 Å². The fraction of sp³-hybridized carbons (Fsp3) is 0.407. The average molecular weight is 455 g/mol. The number of benzene rings is 2. The van der Waals surface area contributed by atoms with Gasteiger partial charge in [0.15, 0.2) is 5.82 Å². The van der Waals surface area contributed by atoms with Gasteiger partial charge in [0.1, 0.15) is 6.04 Å². The number of hydrogen-bond donors (Lipinski definition) is 1. The van der Waals surface area contributed by atoms with Gasteiger partial charge in [0.05, 0.1) is 11.6 Å². The lowest BCUT2D eigenvalue weighted by molar-refractivity contribution is 0.423. The van der Waals surface area contributed by atoms with E-state index in [0.717, 1.165) is 47.2 Å². The molecule has 1 saturated carbocycles. The van der Waals surface area contributed by atoms with Crippen LogP contribution in [0, 0.1) is 13.8 Å². The Morgan fingerprint density at radius 3 is 2.71 bits per heavy atom. The van der Waals surface area contributed by atoms with Crippen LogP contribution in [0.2, 0.25) is 0 Å². The number of hydrogen-bond acceptors (Lipinski definition) is 5. The third kappa shape index (κ3) is 3.25. The number of rotatable bonds is 4. The predicted octanol–water partition coefficient (Wildman–Crippen LogP) is 4.79. The number of aromatic nitrogens is 5. The highest BCUT2D eigenvalue weighted by atomic mass is 16.1. The smallest absolute Gasteiger partial charge is 0.254 e. The summed E-state index contributed by atoms with van der Waals surface area (Å²) in [7, 11) is 0. The Morgan fingerprint density at radius 2 is 1.88 bits per heavy atom. The van der Waals surface area contributed by atoms with Crippen molar-refractivity contribution in [2.24, 2.45) is 0 Å². The van der Waals surface area contributed by atoms with Gasteiger partial charge >= 0.3 is 0 Å². The molecule has 1 N–H and O–H groups in total. The van der Waals surface area contributed by atoms with E-state index in [1.807, 2.05) is 10.7 Å². The number of nitrogens with zero attached hydrogens (tertiary/aromatic N) is 5. The number of para-hydroxylation sites is 1. The van der Waals surface area contributed by atoms with Gasteiger partial charge in [0.2, 0.25) is 0 Å². The van der Waals surface area contributed by atoms with Crippen LogP contribution in [-0.2, 0) is 6.42 Å². The molecule has 1 fully saturated rings. The first kappa shape index (κ1) is 21.1. The molecule has 2 aliphatic rings. The molecule has 7 heteroatoms. The number of H-pyrrole nitrogens is 1. The number of anilines is 1. The highest BCUT2D eigenvalue weighted by molar-refractivity contribution is 5.83. The van der Waals surface area contributed by atoms with Crippen molar-refractivity contribution in [3.63, 3.8) is 0 Å². The molecule has 0 unspecified atom stereocenters. The fourth-order valence-corrected chi connectivity index (χ4v) is 5.93. The topological polar surface area (TPSA) is 79.7 Å². The molecular formula is C27H30N6O. The number of aryl methyl sites for hydroxylation is 2. The normalized spacial score (nSPS) is 19.1. The number of nitrogens with one attached hydrogen (secondary N) is 1. The van der Waals surface area contributed by atoms with E-state index in [2.05, 4.69) is 82.6 Å². The first-order valence-corrected chi connectivity index (χ1v) is 12.3. The lowest BCUT2D eigenvalue weighted by Crippen LogP contribution is -2.39. The van der Waals surface area contributed by atoms with Crippen molar-refractivity contribution in [3.8, 4) is 0 Å². The third-order valence-corrected chi connectivity index (χ3v) is 7.85. The highest BCUT2D eigenvalue weighted by Crippen LogP contribution is 2.42. The van der Waals surface area contributed by atoms with E-state index in [1.165, 1.54) is 24.0 Å². The maximum Gasteiger partial charge on any atom is 0.254 e. The van der Waals surface area contributed by atoms with Gasteiger partial charge in [0.25, 0.3) is 5.56 Å². The zero-order chi connectivity index (χ0) is 23.4. The van der Waals surface area contributed by atoms with Gasteiger partial charge < -0.3 is 9.88 Å². The van der Waals surface area contributed by atoms with Crippen molar-refractivity contribution < 1.29 is 0 Å². The Bertz CT molecular complexity index is 1430. The standard InChI is InChI=1S/C27H30N6O/c1-16-12-13-20-15-22(27(34)28-24(20)18(16)3)25(26-29-30-31-33(26)21-9-5-6-10-21)32-17(2)14-19-8-4-7-11-23(19)32/h4,7-8,11-13,15,17,21,25H,5-6,9-10,14H2,1-3H3,(H,28,34)/t17-,25-/m0/s1. The molecule has 1 aliphatic carbocycles. The second kappa shape index (κ2) is 8.08. The van der Waals surface area contributed by atoms with E-state index in [1.54, 1.807) is 0 Å². The monoisotopic (exact) mass is 454 g/mol. The minimum atomic E-state index is -0.371. The summed E-state index contributed by atoms with van der Waals surface area (Å²) in [6.45, 7) is 6.35. The molecule has 0 saturated heterocycles. The highest BCUT2D eigenvalue weighted by Gasteiger charge is 2.39. The average Bonchev–Trinajstić information content (AvgIpc) is 3.58. The van der Waals surface area contributed by atoms with Crippen LogP contribution < -0.4 is 10.5 Å². The van der Waals surface area contributed by atoms with Gasteiger partial charge in [-0.2, -0.15) is 0 Å². The second-order valence-electron chi connectivity index (χ2n) is 9.94. The van der Waals surface area contributed by atoms with Crippen LogP contribution in [-0.4, -0.2) is 31.2 Å². The molecular weight excluding hydrogens is 424 g/mol. The number of fused-ring (bicyclic) bond motifs is 2. The van der Waals surface area contributed by atoms with E-state index in [-0.39, 0.29) is 23.7 Å². The van der Waals surface area contributed by atoms with E-state index in [9.17, 15) is 4.79 Å². The summed E-state index contributed by atoms with van der Waals surface area (Å²) in [5, 5.41) is 14.1. The van der Waals surface area contributed by atoms with Crippen LogP contribution in [0.25, 0.3) is 10.9 Å². The molecule has 4 aromatic rings. The largest absolute Gasteiger partial charge is 0.354 e. The SMILES string of the molecule is Cc1ccc2cc([C@@H](c3nnnn3C3CCCC3)N3c4ccccc4C[C@@H]3C)c(=O)[nH]c2c1C. The van der Waals surface area contributed by atoms with Crippen molar-refractivity contribution >= 4 is 16.6 Å². The van der Waals surface area contributed by atoms with Crippen LogP contribution in [0.3, 0.4) is 0 Å². The lowest BCUT2D eigenvalue weighted by Gasteiger charge is -2.34. The van der Waals surface area contributed by atoms with Crippen LogP contribution in [0.15, 0.2) is 47.3 Å². The Hall–Kier alpha value is -3.48. The first-order valence-electron chi connectivity index (χ1n) is 12.3. The number of aromatic amines is 1. The molecule has 0 spiro atoms. The van der Waals surface area contributed by atoms with E-state index in [0.29, 0.717) is 5.56 Å². The minimum absolute atomic E-state index is 0.0799. The maximum absolute atomic E-state index is 13.7. The second-order valence-corrected chi connectivity index (χ2v) is 9.94. The van der Waals surface area contributed by atoms with Crippen molar-refractivity contribution in [2.45, 2.75) is 71.0 Å². The van der Waals surface area contributed by atoms with Gasteiger partial charge in [-0.3, -0.25) is 4.79 Å². The quantitative estimate of drug-likeness (QED) is 0.480. The molecule has 7 nitrogen and oxygen atoms in total. The Labute approximate surface area is 198 Å².